The van der Waals surface area contributed by atoms with E-state index >= 15 is 0 Å². The SMILES string of the molecule is CC(=O)O[C@@H](CC(=O)OC1=CC[C@@]2(O)[C@@H](C)N(C)CCC23c2c(C)ccc(O)c2OC13)C(=O)O. The third kappa shape index (κ3) is 3.43. The number of aromatic hydroxyl groups is 1. The number of phenolic OH excluding ortho intramolecular Hbond substituents is 1. The second-order valence-electron chi connectivity index (χ2n) is 9.33. The van der Waals surface area contributed by atoms with Gasteiger partial charge in [0.25, 0.3) is 0 Å². The predicted molar refractivity (Wildman–Crippen MR) is 117 cm³/mol. The molecule has 0 saturated carbocycles. The van der Waals surface area contributed by atoms with Crippen LogP contribution in [0.1, 0.15) is 44.2 Å². The summed E-state index contributed by atoms with van der Waals surface area (Å²) in [5.41, 5.74) is -0.765. The number of carbonyl (C=O) groups excluding carboxylic acids is 2. The number of benzene rings is 1. The molecule has 184 valence electrons. The van der Waals surface area contributed by atoms with Gasteiger partial charge < -0.3 is 34.4 Å². The number of carbonyl (C=O) groups is 3. The number of piperidine rings is 1. The lowest BCUT2D eigenvalue weighted by atomic mass is 9.54. The van der Waals surface area contributed by atoms with Gasteiger partial charge in [-0.05, 0) is 51.6 Å². The summed E-state index contributed by atoms with van der Waals surface area (Å²) in [4.78, 5) is 37.3. The fourth-order valence-corrected chi connectivity index (χ4v) is 5.71. The number of likely N-dealkylation sites (N-methyl/N-ethyl adjacent to an activating group) is 1. The second kappa shape index (κ2) is 8.28. The average Bonchev–Trinajstić information content (AvgIpc) is 3.13. The first kappa shape index (κ1) is 24.0. The number of fused-ring (bicyclic) bond motifs is 1. The molecule has 10 heteroatoms. The number of aliphatic hydroxyl groups is 1. The number of rotatable bonds is 5. The molecule has 3 aliphatic rings. The average molecular weight is 475 g/mol. The smallest absolute Gasteiger partial charge is 0.345 e. The Bertz CT molecular complexity index is 1080. The van der Waals surface area contributed by atoms with Crippen molar-refractivity contribution in [1.29, 1.82) is 0 Å². The first-order valence-corrected chi connectivity index (χ1v) is 11.2. The minimum Gasteiger partial charge on any atom is -0.504 e. The Balaban J connectivity index is 1.73. The lowest BCUT2D eigenvalue weighted by molar-refractivity contribution is -0.169. The van der Waals surface area contributed by atoms with E-state index in [-0.39, 0.29) is 29.7 Å². The van der Waals surface area contributed by atoms with Gasteiger partial charge in [0.2, 0.25) is 6.10 Å². The van der Waals surface area contributed by atoms with Crippen LogP contribution in [-0.4, -0.2) is 75.6 Å². The number of aliphatic carboxylic acids is 1. The molecule has 34 heavy (non-hydrogen) atoms. The molecule has 2 aliphatic heterocycles. The molecule has 1 saturated heterocycles. The molecule has 4 rings (SSSR count). The molecule has 0 aromatic heterocycles. The highest BCUT2D eigenvalue weighted by Gasteiger charge is 2.69. The van der Waals surface area contributed by atoms with E-state index in [0.29, 0.717) is 18.5 Å². The van der Waals surface area contributed by atoms with Gasteiger partial charge in [-0.15, -0.1) is 0 Å². The number of carboxylic acids is 1. The van der Waals surface area contributed by atoms with E-state index < -0.39 is 47.6 Å². The van der Waals surface area contributed by atoms with Gasteiger partial charge in [0, 0.05) is 24.9 Å². The number of carboxylic acid groups (broad SMARTS) is 1. The van der Waals surface area contributed by atoms with Gasteiger partial charge in [0.15, 0.2) is 17.6 Å². The van der Waals surface area contributed by atoms with E-state index in [1.807, 2.05) is 20.9 Å². The molecule has 1 spiro atoms. The third-order valence-corrected chi connectivity index (χ3v) is 7.50. The van der Waals surface area contributed by atoms with Gasteiger partial charge >= 0.3 is 17.9 Å². The van der Waals surface area contributed by atoms with Crippen LogP contribution in [0.15, 0.2) is 24.0 Å². The first-order valence-electron chi connectivity index (χ1n) is 11.2. The summed E-state index contributed by atoms with van der Waals surface area (Å²) >= 11 is 0. The zero-order chi connectivity index (χ0) is 25.0. The maximum atomic E-state index is 12.7. The minimum absolute atomic E-state index is 0.0789. The van der Waals surface area contributed by atoms with E-state index in [0.717, 1.165) is 12.5 Å². The van der Waals surface area contributed by atoms with E-state index in [9.17, 15) is 29.7 Å². The summed E-state index contributed by atoms with van der Waals surface area (Å²) in [6, 6.07) is 3.01. The normalized spacial score (nSPS) is 30.7. The monoisotopic (exact) mass is 475 g/mol. The molecule has 0 radical (unpaired) electrons. The number of nitrogens with zero attached hydrogens (tertiary/aromatic N) is 1. The molecule has 1 aliphatic carbocycles. The molecule has 1 aromatic carbocycles. The summed E-state index contributed by atoms with van der Waals surface area (Å²) in [5.74, 6) is -2.92. The summed E-state index contributed by atoms with van der Waals surface area (Å²) in [5, 5.41) is 31.9. The van der Waals surface area contributed by atoms with Gasteiger partial charge in [-0.25, -0.2) is 4.79 Å². The molecule has 3 N–H and O–H groups in total. The molecule has 0 bridgehead atoms. The maximum Gasteiger partial charge on any atom is 0.345 e. The molecular formula is C24H29NO9. The topological polar surface area (TPSA) is 143 Å². The van der Waals surface area contributed by atoms with Crippen molar-refractivity contribution in [3.8, 4) is 11.5 Å². The predicted octanol–water partition coefficient (Wildman–Crippen LogP) is 1.39. The lowest BCUT2D eigenvalue weighted by Gasteiger charge is -2.58. The standard InChI is InChI=1S/C24H29NO9/c1-12-5-6-15(27)20-19(12)23-9-10-25(4)13(2)24(23,31)8-7-16(21(23)34-20)33-18(28)11-17(22(29)30)32-14(3)26/h5-7,13,17,21,27,31H,8-11H2,1-4H3,(H,29,30)/t13-,17+,21?,23?,24-/m1/s1. The van der Waals surface area contributed by atoms with Crippen LogP contribution in [-0.2, 0) is 29.3 Å². The summed E-state index contributed by atoms with van der Waals surface area (Å²) < 4.78 is 16.5. The Hall–Kier alpha value is -3.11. The van der Waals surface area contributed by atoms with E-state index in [2.05, 4.69) is 4.90 Å². The number of hydrogen-bond donors (Lipinski definition) is 3. The van der Waals surface area contributed by atoms with Crippen molar-refractivity contribution in [3.05, 3.63) is 35.1 Å². The van der Waals surface area contributed by atoms with Gasteiger partial charge in [0.1, 0.15) is 5.76 Å². The van der Waals surface area contributed by atoms with Gasteiger partial charge in [-0.1, -0.05) is 6.07 Å². The Morgan fingerprint density at radius 3 is 2.68 bits per heavy atom. The van der Waals surface area contributed by atoms with Crippen molar-refractivity contribution in [2.24, 2.45) is 0 Å². The van der Waals surface area contributed by atoms with E-state index in [1.165, 1.54) is 6.07 Å². The number of ether oxygens (including phenoxy) is 3. The van der Waals surface area contributed by atoms with Crippen LogP contribution < -0.4 is 4.74 Å². The number of hydrogen-bond acceptors (Lipinski definition) is 9. The molecule has 2 unspecified atom stereocenters. The Labute approximate surface area is 196 Å². The maximum absolute atomic E-state index is 12.7. The summed E-state index contributed by atoms with van der Waals surface area (Å²) in [6.45, 7) is 5.49. The van der Waals surface area contributed by atoms with Crippen LogP contribution in [0.4, 0.5) is 0 Å². The van der Waals surface area contributed by atoms with Crippen LogP contribution in [0.2, 0.25) is 0 Å². The largest absolute Gasteiger partial charge is 0.504 e. The third-order valence-electron chi connectivity index (χ3n) is 7.50. The Morgan fingerprint density at radius 1 is 1.32 bits per heavy atom. The van der Waals surface area contributed by atoms with Crippen LogP contribution >= 0.6 is 0 Å². The highest BCUT2D eigenvalue weighted by atomic mass is 16.6. The van der Waals surface area contributed by atoms with Crippen LogP contribution in [0, 0.1) is 6.92 Å². The van der Waals surface area contributed by atoms with Crippen molar-refractivity contribution in [2.45, 2.75) is 69.3 Å². The number of likely N-dealkylation sites (tertiary alicyclic amines) is 1. The number of aryl methyl sites for hydroxylation is 1. The van der Waals surface area contributed by atoms with Crippen LogP contribution in [0.25, 0.3) is 0 Å². The number of phenols is 1. The lowest BCUT2D eigenvalue weighted by Crippen LogP contribution is -2.71. The molecule has 10 nitrogen and oxygen atoms in total. The molecular weight excluding hydrogens is 446 g/mol. The van der Waals surface area contributed by atoms with Gasteiger partial charge in [-0.3, -0.25) is 9.59 Å². The van der Waals surface area contributed by atoms with Gasteiger partial charge in [-0.2, -0.15) is 0 Å². The van der Waals surface area contributed by atoms with Gasteiger partial charge in [0.05, 0.1) is 17.4 Å². The fourth-order valence-electron chi connectivity index (χ4n) is 5.71. The zero-order valence-corrected chi connectivity index (χ0v) is 19.5. The van der Waals surface area contributed by atoms with Crippen molar-refractivity contribution < 1.29 is 43.9 Å². The van der Waals surface area contributed by atoms with Crippen LogP contribution in [0.5, 0.6) is 11.5 Å². The van der Waals surface area contributed by atoms with Crippen molar-refractivity contribution in [3.63, 3.8) is 0 Å². The van der Waals surface area contributed by atoms with E-state index in [1.54, 1.807) is 12.1 Å². The quantitative estimate of drug-likeness (QED) is 0.535. The second-order valence-corrected chi connectivity index (χ2v) is 9.33. The highest BCUT2D eigenvalue weighted by Crippen LogP contribution is 2.62. The molecule has 2 heterocycles. The van der Waals surface area contributed by atoms with Crippen LogP contribution in [0.3, 0.4) is 0 Å². The molecule has 1 fully saturated rings. The number of esters is 2. The Morgan fingerprint density at radius 2 is 2.03 bits per heavy atom. The first-order chi connectivity index (χ1) is 15.9. The highest BCUT2D eigenvalue weighted by molar-refractivity contribution is 5.83. The van der Waals surface area contributed by atoms with Crippen molar-refractivity contribution in [2.75, 3.05) is 13.6 Å². The molecule has 5 atom stereocenters. The summed E-state index contributed by atoms with van der Waals surface area (Å²) in [6.07, 6.45) is -1.07. The van der Waals surface area contributed by atoms with E-state index in [4.69, 9.17) is 14.2 Å². The van der Waals surface area contributed by atoms with Crippen molar-refractivity contribution in [1.82, 2.24) is 4.90 Å². The molecule has 0 amide bonds. The minimum atomic E-state index is -1.68. The Kier molecular flexibility index (Phi) is 5.85. The van der Waals surface area contributed by atoms with Crippen molar-refractivity contribution >= 4 is 17.9 Å². The fraction of sp³-hybridized carbons (Fsp3) is 0.542. The summed E-state index contributed by atoms with van der Waals surface area (Å²) in [7, 11) is 1.93. The zero-order valence-electron chi connectivity index (χ0n) is 19.5. The molecule has 1 aromatic rings.